The van der Waals surface area contributed by atoms with Crippen molar-refractivity contribution < 1.29 is 4.79 Å². The Morgan fingerprint density at radius 1 is 1.70 bits per heavy atom. The maximum absolute atomic E-state index is 10.8. The number of rotatable bonds is 4. The van der Waals surface area contributed by atoms with Crippen LogP contribution in [-0.2, 0) is 4.79 Å². The first-order valence-electron chi connectivity index (χ1n) is 3.33. The second kappa shape index (κ2) is 6.10. The number of carbonyl (C=O) groups excluding carboxylic acids is 1. The molecule has 0 aliphatic heterocycles. The molecule has 0 saturated heterocycles. The lowest BCUT2D eigenvalue weighted by molar-refractivity contribution is -0.118. The first-order valence-corrected chi connectivity index (χ1v) is 3.33. The Kier molecular flexibility index (Phi) is 5.47. The van der Waals surface area contributed by atoms with Gasteiger partial charge >= 0.3 is 0 Å². The summed E-state index contributed by atoms with van der Waals surface area (Å²) in [7, 11) is 0. The minimum atomic E-state index is 0.220. The lowest BCUT2D eigenvalue weighted by atomic mass is 10.2. The number of hydrogen-bond acceptors (Lipinski definition) is 1. The van der Waals surface area contributed by atoms with Gasteiger partial charge in [-0.2, -0.15) is 0 Å². The molecule has 10 heavy (non-hydrogen) atoms. The van der Waals surface area contributed by atoms with Gasteiger partial charge in [0.2, 0.25) is 0 Å². The zero-order valence-electron chi connectivity index (χ0n) is 6.31. The van der Waals surface area contributed by atoms with Crippen LogP contribution in [0.4, 0.5) is 0 Å². The molecule has 0 aromatic carbocycles. The van der Waals surface area contributed by atoms with Crippen LogP contribution in [0.2, 0.25) is 0 Å². The van der Waals surface area contributed by atoms with E-state index in [1.54, 1.807) is 13.0 Å². The third-order valence-corrected chi connectivity index (χ3v) is 1.08. The van der Waals surface area contributed by atoms with E-state index in [1.165, 1.54) is 0 Å². The van der Waals surface area contributed by atoms with Crippen molar-refractivity contribution in [3.63, 3.8) is 0 Å². The molecule has 0 aliphatic carbocycles. The van der Waals surface area contributed by atoms with Gasteiger partial charge in [-0.3, -0.25) is 4.79 Å². The van der Waals surface area contributed by atoms with Crippen LogP contribution in [0.1, 0.15) is 26.2 Å². The van der Waals surface area contributed by atoms with E-state index < -0.39 is 0 Å². The van der Waals surface area contributed by atoms with E-state index in [0.717, 1.165) is 0 Å². The Hall–Kier alpha value is -1.03. The third-order valence-electron chi connectivity index (χ3n) is 1.08. The molecule has 0 aromatic heterocycles. The van der Waals surface area contributed by atoms with Crippen molar-refractivity contribution in [3.8, 4) is 11.8 Å². The predicted octanol–water partition coefficient (Wildman–Crippen LogP) is 1.94. The molecule has 0 fully saturated rings. The van der Waals surface area contributed by atoms with Gasteiger partial charge in [-0.05, 0) is 6.92 Å². The molecule has 0 radical (unpaired) electrons. The van der Waals surface area contributed by atoms with Gasteiger partial charge in [0, 0.05) is 19.3 Å². The fourth-order valence-electron chi connectivity index (χ4n) is 0.590. The van der Waals surface area contributed by atoms with Gasteiger partial charge in [0.15, 0.2) is 0 Å². The topological polar surface area (TPSA) is 17.1 Å². The molecule has 0 rings (SSSR count). The summed E-state index contributed by atoms with van der Waals surface area (Å²) in [6.07, 6.45) is 3.35. The second-order valence-corrected chi connectivity index (χ2v) is 1.96. The lowest BCUT2D eigenvalue weighted by Crippen LogP contribution is -1.93. The van der Waals surface area contributed by atoms with E-state index in [2.05, 4.69) is 18.4 Å². The summed E-state index contributed by atoms with van der Waals surface area (Å²) in [6.45, 7) is 5.25. The molecule has 0 spiro atoms. The van der Waals surface area contributed by atoms with Crippen molar-refractivity contribution in [2.75, 3.05) is 0 Å². The Morgan fingerprint density at radius 3 is 2.90 bits per heavy atom. The van der Waals surface area contributed by atoms with Crippen molar-refractivity contribution in [1.29, 1.82) is 0 Å². The molecule has 0 aliphatic rings. The van der Waals surface area contributed by atoms with Gasteiger partial charge < -0.3 is 0 Å². The van der Waals surface area contributed by atoms with Crippen LogP contribution in [-0.4, -0.2) is 5.78 Å². The summed E-state index contributed by atoms with van der Waals surface area (Å²) >= 11 is 0. The monoisotopic (exact) mass is 136 g/mol. The smallest absolute Gasteiger partial charge is 0.137 e. The SMILES string of the molecule is C=CCC(=O)CCC#CC. The molecule has 0 unspecified atom stereocenters. The van der Waals surface area contributed by atoms with Crippen LogP contribution >= 0.6 is 0 Å². The maximum atomic E-state index is 10.8. The summed E-state index contributed by atoms with van der Waals surface area (Å²) in [5, 5.41) is 0. The quantitative estimate of drug-likeness (QED) is 0.426. The van der Waals surface area contributed by atoms with E-state index in [-0.39, 0.29) is 5.78 Å². The van der Waals surface area contributed by atoms with Crippen molar-refractivity contribution in [1.82, 2.24) is 0 Å². The molecule has 0 aromatic rings. The molecule has 0 saturated carbocycles. The fraction of sp³-hybridized carbons (Fsp3) is 0.444. The first-order chi connectivity index (χ1) is 4.81. The van der Waals surface area contributed by atoms with Crippen molar-refractivity contribution >= 4 is 5.78 Å². The van der Waals surface area contributed by atoms with Crippen LogP contribution in [0.25, 0.3) is 0 Å². The molecule has 0 amide bonds. The van der Waals surface area contributed by atoms with E-state index in [9.17, 15) is 4.79 Å². The van der Waals surface area contributed by atoms with Crippen molar-refractivity contribution in [3.05, 3.63) is 12.7 Å². The van der Waals surface area contributed by atoms with E-state index >= 15 is 0 Å². The highest BCUT2D eigenvalue weighted by Crippen LogP contribution is 1.93. The molecular weight excluding hydrogens is 124 g/mol. The number of allylic oxidation sites excluding steroid dienone is 1. The normalized spacial score (nSPS) is 7.70. The van der Waals surface area contributed by atoms with E-state index in [1.807, 2.05) is 0 Å². The molecular formula is C9H12O. The molecule has 54 valence electrons. The summed E-state index contributed by atoms with van der Waals surface area (Å²) < 4.78 is 0. The van der Waals surface area contributed by atoms with E-state index in [0.29, 0.717) is 19.3 Å². The number of carbonyl (C=O) groups is 1. The van der Waals surface area contributed by atoms with Gasteiger partial charge in [0.1, 0.15) is 5.78 Å². The standard InChI is InChI=1S/C9H12O/c1-3-5-6-8-9(10)7-4-2/h4H,2,6-8H2,1H3. The molecule has 0 bridgehead atoms. The predicted molar refractivity (Wildman–Crippen MR) is 42.5 cm³/mol. The van der Waals surface area contributed by atoms with Crippen molar-refractivity contribution in [2.45, 2.75) is 26.2 Å². The third kappa shape index (κ3) is 5.11. The number of ketones is 1. The minimum Gasteiger partial charge on any atom is -0.299 e. The Balaban J connectivity index is 3.36. The Morgan fingerprint density at radius 2 is 2.40 bits per heavy atom. The zero-order chi connectivity index (χ0) is 7.82. The maximum Gasteiger partial charge on any atom is 0.137 e. The molecule has 0 N–H and O–H groups in total. The summed E-state index contributed by atoms with van der Waals surface area (Å²) in [5.74, 6) is 5.79. The van der Waals surface area contributed by atoms with Crippen LogP contribution < -0.4 is 0 Å². The Labute approximate surface area is 62.1 Å². The largest absolute Gasteiger partial charge is 0.299 e. The van der Waals surface area contributed by atoms with Gasteiger partial charge in [0.25, 0.3) is 0 Å². The highest BCUT2D eigenvalue weighted by Gasteiger charge is 1.94. The fourth-order valence-corrected chi connectivity index (χ4v) is 0.590. The number of hydrogen-bond donors (Lipinski definition) is 0. The minimum absolute atomic E-state index is 0.220. The zero-order valence-corrected chi connectivity index (χ0v) is 6.31. The summed E-state index contributed by atoms with van der Waals surface area (Å²) in [5.41, 5.74) is 0. The second-order valence-electron chi connectivity index (χ2n) is 1.96. The molecule has 1 heteroatoms. The average molecular weight is 136 g/mol. The van der Waals surface area contributed by atoms with Crippen LogP contribution in [0.3, 0.4) is 0 Å². The molecule has 1 nitrogen and oxygen atoms in total. The number of Topliss-reactive ketones (excluding diaryl/α,β-unsaturated/α-hetero) is 1. The lowest BCUT2D eigenvalue weighted by Gasteiger charge is -1.89. The molecule has 0 heterocycles. The van der Waals surface area contributed by atoms with Gasteiger partial charge in [0.05, 0.1) is 0 Å². The van der Waals surface area contributed by atoms with Crippen molar-refractivity contribution in [2.24, 2.45) is 0 Å². The van der Waals surface area contributed by atoms with Crippen LogP contribution in [0.15, 0.2) is 12.7 Å². The van der Waals surface area contributed by atoms with E-state index in [4.69, 9.17) is 0 Å². The van der Waals surface area contributed by atoms with Crippen LogP contribution in [0, 0.1) is 11.8 Å². The summed E-state index contributed by atoms with van der Waals surface area (Å²) in [6, 6.07) is 0. The van der Waals surface area contributed by atoms with Crippen LogP contribution in [0.5, 0.6) is 0 Å². The highest BCUT2D eigenvalue weighted by molar-refractivity contribution is 5.79. The van der Waals surface area contributed by atoms with Gasteiger partial charge in [-0.1, -0.05) is 6.08 Å². The van der Waals surface area contributed by atoms with Gasteiger partial charge in [-0.15, -0.1) is 18.4 Å². The average Bonchev–Trinajstić information content (AvgIpc) is 1.89. The van der Waals surface area contributed by atoms with Gasteiger partial charge in [-0.25, -0.2) is 0 Å². The summed E-state index contributed by atoms with van der Waals surface area (Å²) in [4.78, 5) is 10.8. The Bertz CT molecular complexity index is 169. The first kappa shape index (κ1) is 8.97. The molecule has 0 atom stereocenters. The highest BCUT2D eigenvalue weighted by atomic mass is 16.1.